The van der Waals surface area contributed by atoms with E-state index in [1.54, 1.807) is 17.2 Å². The van der Waals surface area contributed by atoms with Crippen LogP contribution in [-0.2, 0) is 22.4 Å². The fourth-order valence-corrected chi connectivity index (χ4v) is 3.34. The predicted octanol–water partition coefficient (Wildman–Crippen LogP) is 6.86. The van der Waals surface area contributed by atoms with Crippen LogP contribution in [0.1, 0.15) is 44.4 Å². The first kappa shape index (κ1) is 25.8. The molecule has 0 unspecified atom stereocenters. The summed E-state index contributed by atoms with van der Waals surface area (Å²) in [4.78, 5) is 18.9. The Morgan fingerprint density at radius 2 is 1.69 bits per heavy atom. The largest absolute Gasteiger partial charge is 0.494 e. The number of hydrogen-bond donors (Lipinski definition) is 0. The number of hydrogen-bond acceptors (Lipinski definition) is 5. The number of amides is 1. The van der Waals surface area contributed by atoms with E-state index < -0.39 is 5.60 Å². The van der Waals surface area contributed by atoms with E-state index in [2.05, 4.69) is 23.7 Å². The van der Waals surface area contributed by atoms with Gasteiger partial charge >= 0.3 is 6.09 Å². The minimum Gasteiger partial charge on any atom is -0.494 e. The van der Waals surface area contributed by atoms with Crippen molar-refractivity contribution in [2.45, 2.75) is 46.3 Å². The van der Waals surface area contributed by atoms with E-state index in [4.69, 9.17) is 14.2 Å². The molecule has 0 aliphatic heterocycles. The van der Waals surface area contributed by atoms with Crippen LogP contribution in [0.25, 0.3) is 5.76 Å². The van der Waals surface area contributed by atoms with E-state index >= 15 is 0 Å². The zero-order chi connectivity index (χ0) is 25.3. The lowest BCUT2D eigenvalue weighted by Gasteiger charge is -2.27. The molecule has 0 spiro atoms. The molecule has 1 amide bonds. The van der Waals surface area contributed by atoms with Crippen molar-refractivity contribution in [1.82, 2.24) is 9.88 Å². The smallest absolute Gasteiger partial charge is 0.410 e. The Kier molecular flexibility index (Phi) is 8.90. The van der Waals surface area contributed by atoms with Crippen LogP contribution in [0.5, 0.6) is 11.6 Å². The number of carbonyl (C=O) groups excluding carboxylic acids is 1. The SMILES string of the molecule is C=C(OCC)c1ccc(Oc2ccc(CN(CCc3ccccc3)C(=O)OC(C)(C)C)cc2)nc1. The third-order valence-corrected chi connectivity index (χ3v) is 5.06. The first-order chi connectivity index (χ1) is 16.7. The number of rotatable bonds is 10. The Balaban J connectivity index is 1.64. The molecule has 0 bridgehead atoms. The second-order valence-corrected chi connectivity index (χ2v) is 9.12. The Labute approximate surface area is 208 Å². The lowest BCUT2D eigenvalue weighted by atomic mass is 10.1. The van der Waals surface area contributed by atoms with E-state index in [-0.39, 0.29) is 6.09 Å². The van der Waals surface area contributed by atoms with Crippen LogP contribution in [0, 0.1) is 0 Å². The first-order valence-electron chi connectivity index (χ1n) is 11.8. The molecule has 0 saturated carbocycles. The topological polar surface area (TPSA) is 60.9 Å². The fourth-order valence-electron chi connectivity index (χ4n) is 3.34. The average molecular weight is 475 g/mol. The van der Waals surface area contributed by atoms with Crippen molar-refractivity contribution in [3.05, 3.63) is 96.2 Å². The van der Waals surface area contributed by atoms with Crippen LogP contribution in [0.2, 0.25) is 0 Å². The van der Waals surface area contributed by atoms with Crippen LogP contribution in [-0.4, -0.2) is 34.7 Å². The van der Waals surface area contributed by atoms with Crippen LogP contribution in [0.4, 0.5) is 4.79 Å². The zero-order valence-electron chi connectivity index (χ0n) is 21.0. The summed E-state index contributed by atoms with van der Waals surface area (Å²) in [6.07, 6.45) is 2.10. The molecule has 184 valence electrons. The molecule has 3 rings (SSSR count). The molecular formula is C29H34N2O4. The van der Waals surface area contributed by atoms with Gasteiger partial charge in [-0.15, -0.1) is 0 Å². The molecule has 0 N–H and O–H groups in total. The zero-order valence-corrected chi connectivity index (χ0v) is 21.0. The van der Waals surface area contributed by atoms with Crippen molar-refractivity contribution in [3.8, 4) is 11.6 Å². The summed E-state index contributed by atoms with van der Waals surface area (Å²) in [6.45, 7) is 13.0. The molecule has 6 nitrogen and oxygen atoms in total. The van der Waals surface area contributed by atoms with Gasteiger partial charge in [0, 0.05) is 30.9 Å². The molecule has 0 aliphatic rings. The van der Waals surface area contributed by atoms with Crippen LogP contribution in [0.3, 0.4) is 0 Å². The summed E-state index contributed by atoms with van der Waals surface area (Å²) in [7, 11) is 0. The van der Waals surface area contributed by atoms with Crippen molar-refractivity contribution in [2.75, 3.05) is 13.2 Å². The van der Waals surface area contributed by atoms with Gasteiger partial charge in [0.2, 0.25) is 5.88 Å². The molecule has 1 heterocycles. The highest BCUT2D eigenvalue weighted by atomic mass is 16.6. The normalized spacial score (nSPS) is 11.0. The number of nitrogens with zero attached hydrogens (tertiary/aromatic N) is 2. The summed E-state index contributed by atoms with van der Waals surface area (Å²) in [6, 6.07) is 21.4. The second-order valence-electron chi connectivity index (χ2n) is 9.12. The fraction of sp³-hybridized carbons (Fsp3) is 0.310. The maximum atomic E-state index is 12.9. The van der Waals surface area contributed by atoms with Crippen molar-refractivity contribution in [3.63, 3.8) is 0 Å². The van der Waals surface area contributed by atoms with E-state index in [1.807, 2.05) is 76.2 Å². The molecule has 0 saturated heterocycles. The quantitative estimate of drug-likeness (QED) is 0.300. The molecule has 0 fully saturated rings. The minimum atomic E-state index is -0.558. The number of ether oxygens (including phenoxy) is 3. The van der Waals surface area contributed by atoms with E-state index in [9.17, 15) is 4.79 Å². The Bertz CT molecular complexity index is 1090. The van der Waals surface area contributed by atoms with Gasteiger partial charge in [0.05, 0.1) is 6.61 Å². The van der Waals surface area contributed by atoms with Gasteiger partial charge in [-0.2, -0.15) is 0 Å². The molecular weight excluding hydrogens is 440 g/mol. The number of carbonyl (C=O) groups is 1. The third kappa shape index (κ3) is 8.49. The maximum absolute atomic E-state index is 12.9. The van der Waals surface area contributed by atoms with Crippen LogP contribution < -0.4 is 4.74 Å². The summed E-state index contributed by atoms with van der Waals surface area (Å²) >= 11 is 0. The number of aromatic nitrogens is 1. The molecule has 0 atom stereocenters. The van der Waals surface area contributed by atoms with E-state index in [0.29, 0.717) is 37.1 Å². The molecule has 1 aromatic heterocycles. The van der Waals surface area contributed by atoms with Gasteiger partial charge in [-0.25, -0.2) is 9.78 Å². The highest BCUT2D eigenvalue weighted by molar-refractivity contribution is 5.68. The van der Waals surface area contributed by atoms with Crippen molar-refractivity contribution in [1.29, 1.82) is 0 Å². The van der Waals surface area contributed by atoms with Crippen molar-refractivity contribution < 1.29 is 19.0 Å². The second kappa shape index (κ2) is 12.1. The van der Waals surface area contributed by atoms with Gasteiger partial charge < -0.3 is 19.1 Å². The Morgan fingerprint density at radius 3 is 2.29 bits per heavy atom. The van der Waals surface area contributed by atoms with E-state index in [0.717, 1.165) is 17.5 Å². The summed E-state index contributed by atoms with van der Waals surface area (Å²) < 4.78 is 16.9. The minimum absolute atomic E-state index is 0.327. The number of pyridine rings is 1. The lowest BCUT2D eigenvalue weighted by molar-refractivity contribution is 0.0236. The summed E-state index contributed by atoms with van der Waals surface area (Å²) in [5.41, 5.74) is 2.41. The monoisotopic (exact) mass is 474 g/mol. The highest BCUT2D eigenvalue weighted by Gasteiger charge is 2.22. The lowest BCUT2D eigenvalue weighted by Crippen LogP contribution is -2.37. The number of benzene rings is 2. The van der Waals surface area contributed by atoms with Gasteiger partial charge in [0.1, 0.15) is 17.1 Å². The molecule has 6 heteroatoms. The van der Waals surface area contributed by atoms with Gasteiger partial charge in [0.15, 0.2) is 0 Å². The highest BCUT2D eigenvalue weighted by Crippen LogP contribution is 2.23. The van der Waals surface area contributed by atoms with Gasteiger partial charge in [-0.3, -0.25) is 0 Å². The average Bonchev–Trinajstić information content (AvgIpc) is 2.83. The molecule has 2 aromatic carbocycles. The van der Waals surface area contributed by atoms with Gasteiger partial charge in [-0.1, -0.05) is 49.0 Å². The molecule has 3 aromatic rings. The summed E-state index contributed by atoms with van der Waals surface area (Å²) in [5.74, 6) is 1.72. The Hall–Kier alpha value is -3.80. The van der Waals surface area contributed by atoms with Crippen molar-refractivity contribution >= 4 is 11.9 Å². The van der Waals surface area contributed by atoms with Gasteiger partial charge in [-0.05, 0) is 63.4 Å². The Morgan fingerprint density at radius 1 is 0.971 bits per heavy atom. The maximum Gasteiger partial charge on any atom is 0.410 e. The van der Waals surface area contributed by atoms with E-state index in [1.165, 1.54) is 5.56 Å². The van der Waals surface area contributed by atoms with Crippen LogP contribution >= 0.6 is 0 Å². The molecule has 0 aliphatic carbocycles. The molecule has 0 radical (unpaired) electrons. The first-order valence-corrected chi connectivity index (χ1v) is 11.8. The predicted molar refractivity (Wildman–Crippen MR) is 138 cm³/mol. The van der Waals surface area contributed by atoms with Crippen LogP contribution in [0.15, 0.2) is 79.5 Å². The standard InChI is InChI=1S/C29H34N2O4/c1-6-33-22(2)25-14-17-27(30-20-25)34-26-15-12-24(13-16-26)21-31(28(32)35-29(3,4)5)19-18-23-10-8-7-9-11-23/h7-17,20H,2,6,18-19,21H2,1,3-5H3. The third-order valence-electron chi connectivity index (χ3n) is 5.06. The summed E-state index contributed by atoms with van der Waals surface area (Å²) in [5, 5.41) is 0. The molecule has 35 heavy (non-hydrogen) atoms. The van der Waals surface area contributed by atoms with Gasteiger partial charge in [0.25, 0.3) is 0 Å². The van der Waals surface area contributed by atoms with Crippen molar-refractivity contribution in [2.24, 2.45) is 0 Å².